The van der Waals surface area contributed by atoms with E-state index in [1.54, 1.807) is 13.3 Å². The zero-order valence-electron chi connectivity index (χ0n) is 13.7. The van der Waals surface area contributed by atoms with Crippen molar-refractivity contribution < 1.29 is 14.6 Å². The number of pyridine rings is 1. The van der Waals surface area contributed by atoms with Gasteiger partial charge in [-0.25, -0.2) is 0 Å². The number of rotatable bonds is 9. The molecule has 0 aliphatic carbocycles. The van der Waals surface area contributed by atoms with Crippen LogP contribution in [0, 0.1) is 0 Å². The fourth-order valence-corrected chi connectivity index (χ4v) is 2.45. The molecule has 0 atom stereocenters. The van der Waals surface area contributed by atoms with Gasteiger partial charge in [-0.1, -0.05) is 12.1 Å². The molecule has 0 fully saturated rings. The lowest BCUT2D eigenvalue weighted by Gasteiger charge is -2.22. The summed E-state index contributed by atoms with van der Waals surface area (Å²) in [5.41, 5.74) is 2.24. The molecular weight excluding hydrogens is 292 g/mol. The lowest BCUT2D eigenvalue weighted by molar-refractivity contribution is 0.184. The molecule has 0 saturated heterocycles. The van der Waals surface area contributed by atoms with E-state index in [0.29, 0.717) is 13.2 Å². The molecule has 0 saturated carbocycles. The summed E-state index contributed by atoms with van der Waals surface area (Å²) >= 11 is 0. The molecule has 1 N–H and O–H groups in total. The van der Waals surface area contributed by atoms with Crippen molar-refractivity contribution in [2.24, 2.45) is 0 Å². The molecule has 2 rings (SSSR count). The molecule has 1 aromatic carbocycles. The summed E-state index contributed by atoms with van der Waals surface area (Å²) in [7, 11) is 1.64. The van der Waals surface area contributed by atoms with Gasteiger partial charge in [-0.05, 0) is 36.2 Å². The number of aromatic nitrogens is 1. The van der Waals surface area contributed by atoms with Gasteiger partial charge in [0.15, 0.2) is 11.5 Å². The van der Waals surface area contributed by atoms with E-state index in [1.165, 1.54) is 0 Å². The van der Waals surface area contributed by atoms with Crippen LogP contribution in [0.3, 0.4) is 0 Å². The van der Waals surface area contributed by atoms with Gasteiger partial charge < -0.3 is 14.6 Å². The Kier molecular flexibility index (Phi) is 6.84. The van der Waals surface area contributed by atoms with Crippen molar-refractivity contribution >= 4 is 0 Å². The second kappa shape index (κ2) is 9.12. The molecule has 1 aromatic heterocycles. The maximum atomic E-state index is 9.31. The number of hydrogen-bond donors (Lipinski definition) is 1. The van der Waals surface area contributed by atoms with Crippen LogP contribution in [0.1, 0.15) is 18.1 Å². The van der Waals surface area contributed by atoms with Crippen LogP contribution in [-0.2, 0) is 13.1 Å². The predicted molar refractivity (Wildman–Crippen MR) is 89.6 cm³/mol. The summed E-state index contributed by atoms with van der Waals surface area (Å²) in [4.78, 5) is 6.32. The molecule has 0 aliphatic rings. The summed E-state index contributed by atoms with van der Waals surface area (Å²) in [5.74, 6) is 1.48. The van der Waals surface area contributed by atoms with Crippen LogP contribution in [-0.4, -0.2) is 41.9 Å². The average Bonchev–Trinajstić information content (AvgIpc) is 2.57. The van der Waals surface area contributed by atoms with Crippen LogP contribution in [0.5, 0.6) is 11.5 Å². The molecule has 0 unspecified atom stereocenters. The van der Waals surface area contributed by atoms with Crippen molar-refractivity contribution in [3.05, 3.63) is 53.9 Å². The standard InChI is InChI=1S/C18H24N2O3/c1-3-23-18-11-15(6-7-17(18)22-2)13-20(9-10-21)14-16-5-4-8-19-12-16/h4-8,11-12,21H,3,9-10,13-14H2,1-2H3. The Morgan fingerprint density at radius 1 is 1.13 bits per heavy atom. The first-order chi connectivity index (χ1) is 11.3. The minimum absolute atomic E-state index is 0.120. The molecular formula is C18H24N2O3. The third-order valence-electron chi connectivity index (χ3n) is 3.48. The van der Waals surface area contributed by atoms with Gasteiger partial charge in [0.2, 0.25) is 0 Å². The van der Waals surface area contributed by atoms with Crippen LogP contribution in [0.15, 0.2) is 42.7 Å². The highest BCUT2D eigenvalue weighted by Gasteiger charge is 2.10. The molecule has 0 aliphatic heterocycles. The van der Waals surface area contributed by atoms with Crippen molar-refractivity contribution in [1.82, 2.24) is 9.88 Å². The predicted octanol–water partition coefficient (Wildman–Crippen LogP) is 2.48. The normalized spacial score (nSPS) is 10.8. The number of methoxy groups -OCH3 is 1. The first-order valence-electron chi connectivity index (χ1n) is 7.78. The van der Waals surface area contributed by atoms with Gasteiger partial charge in [0.25, 0.3) is 0 Å². The third-order valence-corrected chi connectivity index (χ3v) is 3.48. The SMILES string of the molecule is CCOc1cc(CN(CCO)Cc2cccnc2)ccc1OC. The van der Waals surface area contributed by atoms with Crippen LogP contribution < -0.4 is 9.47 Å². The largest absolute Gasteiger partial charge is 0.493 e. The van der Waals surface area contributed by atoms with Crippen molar-refractivity contribution in [3.63, 3.8) is 0 Å². The Morgan fingerprint density at radius 3 is 2.61 bits per heavy atom. The van der Waals surface area contributed by atoms with Gasteiger partial charge >= 0.3 is 0 Å². The third kappa shape index (κ3) is 5.23. The topological polar surface area (TPSA) is 54.8 Å². The lowest BCUT2D eigenvalue weighted by atomic mass is 10.1. The maximum absolute atomic E-state index is 9.31. The molecule has 0 amide bonds. The summed E-state index contributed by atoms with van der Waals surface area (Å²) < 4.78 is 10.9. The molecule has 124 valence electrons. The maximum Gasteiger partial charge on any atom is 0.161 e. The zero-order valence-corrected chi connectivity index (χ0v) is 13.7. The first-order valence-corrected chi connectivity index (χ1v) is 7.78. The molecule has 0 radical (unpaired) electrons. The highest BCUT2D eigenvalue weighted by atomic mass is 16.5. The van der Waals surface area contributed by atoms with Crippen molar-refractivity contribution in [3.8, 4) is 11.5 Å². The number of aliphatic hydroxyl groups is 1. The van der Waals surface area contributed by atoms with E-state index in [9.17, 15) is 5.11 Å². The van der Waals surface area contributed by atoms with Gasteiger partial charge in [-0.2, -0.15) is 0 Å². The van der Waals surface area contributed by atoms with E-state index in [0.717, 1.165) is 35.7 Å². The summed E-state index contributed by atoms with van der Waals surface area (Å²) in [6, 6.07) is 9.90. The second-order valence-electron chi connectivity index (χ2n) is 5.21. The van der Waals surface area contributed by atoms with Crippen LogP contribution in [0.4, 0.5) is 0 Å². The quantitative estimate of drug-likeness (QED) is 0.770. The average molecular weight is 316 g/mol. The fraction of sp³-hybridized carbons (Fsp3) is 0.389. The Hall–Kier alpha value is -2.11. The monoisotopic (exact) mass is 316 g/mol. The zero-order chi connectivity index (χ0) is 16.5. The van der Waals surface area contributed by atoms with Crippen LogP contribution in [0.2, 0.25) is 0 Å². The van der Waals surface area contributed by atoms with Gasteiger partial charge in [0, 0.05) is 32.0 Å². The number of hydrogen-bond acceptors (Lipinski definition) is 5. The smallest absolute Gasteiger partial charge is 0.161 e. The minimum atomic E-state index is 0.120. The van der Waals surface area contributed by atoms with Crippen molar-refractivity contribution in [2.75, 3.05) is 26.9 Å². The molecule has 5 heteroatoms. The number of ether oxygens (including phenoxy) is 2. The second-order valence-corrected chi connectivity index (χ2v) is 5.21. The highest BCUT2D eigenvalue weighted by Crippen LogP contribution is 2.28. The fourth-order valence-electron chi connectivity index (χ4n) is 2.45. The van der Waals surface area contributed by atoms with E-state index in [2.05, 4.69) is 9.88 Å². The molecule has 5 nitrogen and oxygen atoms in total. The van der Waals surface area contributed by atoms with E-state index >= 15 is 0 Å². The van der Waals surface area contributed by atoms with Gasteiger partial charge in [-0.15, -0.1) is 0 Å². The molecule has 0 bridgehead atoms. The lowest BCUT2D eigenvalue weighted by Crippen LogP contribution is -2.26. The Balaban J connectivity index is 2.11. The van der Waals surface area contributed by atoms with E-state index in [1.807, 2.05) is 43.5 Å². The number of nitrogens with zero attached hydrogens (tertiary/aromatic N) is 2. The van der Waals surface area contributed by atoms with Gasteiger partial charge in [0.05, 0.1) is 20.3 Å². The van der Waals surface area contributed by atoms with E-state index in [-0.39, 0.29) is 6.61 Å². The molecule has 23 heavy (non-hydrogen) atoms. The summed E-state index contributed by atoms with van der Waals surface area (Å²) in [6.45, 7) is 4.73. The van der Waals surface area contributed by atoms with Crippen molar-refractivity contribution in [2.45, 2.75) is 20.0 Å². The Morgan fingerprint density at radius 2 is 1.96 bits per heavy atom. The summed E-state index contributed by atoms with van der Waals surface area (Å²) in [5, 5.41) is 9.31. The molecule has 1 heterocycles. The Bertz CT molecular complexity index is 590. The van der Waals surface area contributed by atoms with Gasteiger partial charge in [-0.3, -0.25) is 9.88 Å². The van der Waals surface area contributed by atoms with Gasteiger partial charge in [0.1, 0.15) is 0 Å². The van der Waals surface area contributed by atoms with Crippen LogP contribution in [0.25, 0.3) is 0 Å². The molecule has 2 aromatic rings. The van der Waals surface area contributed by atoms with Crippen LogP contribution >= 0.6 is 0 Å². The molecule has 0 spiro atoms. The van der Waals surface area contributed by atoms with E-state index < -0.39 is 0 Å². The minimum Gasteiger partial charge on any atom is -0.493 e. The number of aliphatic hydroxyl groups excluding tert-OH is 1. The van der Waals surface area contributed by atoms with E-state index in [4.69, 9.17) is 9.47 Å². The first kappa shape index (κ1) is 17.2. The van der Waals surface area contributed by atoms with Crippen molar-refractivity contribution in [1.29, 1.82) is 0 Å². The Labute approximate surface area is 137 Å². The number of benzene rings is 1. The highest BCUT2D eigenvalue weighted by molar-refractivity contribution is 5.43. The summed E-state index contributed by atoms with van der Waals surface area (Å²) in [6.07, 6.45) is 3.61.